The molecule has 1 N–H and O–H groups in total. The number of amides is 3. The molecule has 6 nitrogen and oxygen atoms in total. The predicted molar refractivity (Wildman–Crippen MR) is 111 cm³/mol. The van der Waals surface area contributed by atoms with Crippen LogP contribution in [0.1, 0.15) is 47.7 Å². The molecule has 0 spiro atoms. The van der Waals surface area contributed by atoms with Crippen molar-refractivity contribution >= 4 is 35.1 Å². The molecule has 0 saturated carbocycles. The second-order valence-electron chi connectivity index (χ2n) is 7.83. The molecule has 1 saturated heterocycles. The number of hydrogen-bond acceptors (Lipinski definition) is 4. The summed E-state index contributed by atoms with van der Waals surface area (Å²) in [5.74, 6) is -8.74. The zero-order chi connectivity index (χ0) is 24.8. The highest BCUT2D eigenvalue weighted by atomic mass is 35.5. The van der Waals surface area contributed by atoms with Gasteiger partial charge < -0.3 is 4.90 Å². The number of nitrogens with zero attached hydrogens (tertiary/aromatic N) is 1. The quantitative estimate of drug-likeness (QED) is 0.642. The van der Waals surface area contributed by atoms with Crippen LogP contribution in [0.2, 0.25) is 5.02 Å². The molecule has 1 atom stereocenters. The lowest BCUT2D eigenvalue weighted by Gasteiger charge is -2.29. The molecule has 0 bridgehead atoms. The van der Waals surface area contributed by atoms with Crippen LogP contribution in [-0.2, 0) is 33.3 Å². The lowest BCUT2D eigenvalue weighted by molar-refractivity contribution is -0.144. The zero-order valence-electron chi connectivity index (χ0n) is 18.1. The maximum Gasteiger partial charge on any atom is 0.333 e. The molecule has 0 unspecified atom stereocenters. The van der Waals surface area contributed by atoms with Crippen molar-refractivity contribution in [3.8, 4) is 0 Å². The Kier molecular flexibility index (Phi) is 5.65. The van der Waals surface area contributed by atoms with Crippen molar-refractivity contribution in [3.05, 3.63) is 69.5 Å². The second kappa shape index (κ2) is 8.62. The highest BCUT2D eigenvalue weighted by Gasteiger charge is 2.42. The van der Waals surface area contributed by atoms with Gasteiger partial charge in [0.1, 0.15) is 11.8 Å². The van der Waals surface area contributed by atoms with E-state index in [0.29, 0.717) is 17.2 Å². The summed E-state index contributed by atoms with van der Waals surface area (Å²) in [7, 11) is 0. The van der Waals surface area contributed by atoms with E-state index in [1.165, 1.54) is 12.1 Å². The number of benzene rings is 2. The molecule has 3 amide bonds. The van der Waals surface area contributed by atoms with E-state index in [-0.39, 0.29) is 36.4 Å². The molecule has 2 aliphatic rings. The van der Waals surface area contributed by atoms with Crippen LogP contribution >= 0.6 is 11.6 Å². The first-order valence-electron chi connectivity index (χ1n) is 10.6. The summed E-state index contributed by atoms with van der Waals surface area (Å²) in [5.41, 5.74) is 0.153. The van der Waals surface area contributed by atoms with Gasteiger partial charge in [-0.25, -0.2) is 4.39 Å². The Hall–Kier alpha value is -3.20. The van der Waals surface area contributed by atoms with Gasteiger partial charge in [-0.05, 0) is 48.2 Å². The molecule has 2 aromatic rings. The summed E-state index contributed by atoms with van der Waals surface area (Å²) >= 11 is 5.58. The highest BCUT2D eigenvalue weighted by molar-refractivity contribution is 6.30. The number of rotatable bonds is 6. The molecule has 172 valence electrons. The lowest BCUT2D eigenvalue weighted by atomic mass is 9.97. The number of carbonyl (C=O) groups excluding carboxylic acids is 4. The minimum Gasteiger partial charge on any atom is -0.322 e. The Morgan fingerprint density at radius 3 is 2.67 bits per heavy atom. The fraction of sp³-hybridized carbons (Fsp3) is 0.304. The van der Waals surface area contributed by atoms with Gasteiger partial charge in [0.2, 0.25) is 17.6 Å². The van der Waals surface area contributed by atoms with E-state index in [1.54, 1.807) is 6.07 Å². The number of piperidine rings is 1. The number of ketones is 1. The molecular weight excluding hydrogens is 461 g/mol. The Morgan fingerprint density at radius 2 is 1.97 bits per heavy atom. The van der Waals surface area contributed by atoms with E-state index in [0.717, 1.165) is 17.0 Å². The van der Waals surface area contributed by atoms with Gasteiger partial charge >= 0.3 is 5.92 Å². The molecule has 2 aliphatic heterocycles. The van der Waals surface area contributed by atoms with Gasteiger partial charge in [-0.15, -0.1) is 0 Å². The predicted octanol–water partition coefficient (Wildman–Crippen LogP) is 3.53. The maximum absolute atomic E-state index is 14.5. The van der Waals surface area contributed by atoms with Crippen LogP contribution in [-0.4, -0.2) is 34.4 Å². The smallest absolute Gasteiger partial charge is 0.322 e. The molecule has 33 heavy (non-hydrogen) atoms. The SMILES string of the molecule is [2H][C@@]1(N2Cc3cc(CCC(=O)C(F)(F)c4ccc(Cl)cc4F)ccc3C2=O)CCC(=O)NC1=O. The van der Waals surface area contributed by atoms with E-state index >= 15 is 0 Å². The van der Waals surface area contributed by atoms with Crippen molar-refractivity contribution in [2.24, 2.45) is 0 Å². The fourth-order valence-electron chi connectivity index (χ4n) is 3.92. The van der Waals surface area contributed by atoms with E-state index in [4.69, 9.17) is 13.0 Å². The third-order valence-electron chi connectivity index (χ3n) is 5.66. The number of nitrogens with one attached hydrogen (secondary N) is 1. The number of hydrogen-bond donors (Lipinski definition) is 1. The first-order valence-corrected chi connectivity index (χ1v) is 10.5. The second-order valence-corrected chi connectivity index (χ2v) is 8.26. The molecule has 10 heteroatoms. The summed E-state index contributed by atoms with van der Waals surface area (Å²) in [6, 6.07) is 5.12. The lowest BCUT2D eigenvalue weighted by Crippen LogP contribution is -2.52. The standard InChI is InChI=1S/C23H18ClF3N2O4/c24-14-3-5-16(17(25)10-14)23(26,27)19(30)7-2-12-1-4-15-13(9-12)11-29(22(15)33)18-6-8-20(31)28-21(18)32/h1,3-5,9-10,18H,2,6-8,11H2,(H,28,31,32)/t18-/m1/s1/i18D. The molecule has 2 heterocycles. The number of alkyl halides is 2. The molecule has 0 aliphatic carbocycles. The van der Waals surface area contributed by atoms with E-state index in [2.05, 4.69) is 5.32 Å². The minimum absolute atomic E-state index is 0.0713. The summed E-state index contributed by atoms with van der Waals surface area (Å²) in [6.07, 6.45) is -0.898. The first kappa shape index (κ1) is 21.6. The summed E-state index contributed by atoms with van der Waals surface area (Å²) in [5, 5.41) is 2.00. The van der Waals surface area contributed by atoms with Crippen LogP contribution < -0.4 is 5.32 Å². The van der Waals surface area contributed by atoms with Gasteiger partial charge in [0.25, 0.3) is 5.91 Å². The third kappa shape index (κ3) is 4.37. The summed E-state index contributed by atoms with van der Waals surface area (Å²) in [4.78, 5) is 49.7. The zero-order valence-corrected chi connectivity index (χ0v) is 17.8. The number of imide groups is 1. The number of Topliss-reactive ketones (excluding diaryl/α,β-unsaturated/α-hetero) is 1. The van der Waals surface area contributed by atoms with Gasteiger partial charge in [-0.3, -0.25) is 24.5 Å². The van der Waals surface area contributed by atoms with Gasteiger partial charge in [-0.1, -0.05) is 23.7 Å². The van der Waals surface area contributed by atoms with Crippen molar-refractivity contribution in [2.75, 3.05) is 0 Å². The normalized spacial score (nSPS) is 21.0. The van der Waals surface area contributed by atoms with Crippen LogP contribution in [0, 0.1) is 5.82 Å². The van der Waals surface area contributed by atoms with Gasteiger partial charge in [0.15, 0.2) is 0 Å². The minimum atomic E-state index is -4.04. The van der Waals surface area contributed by atoms with Crippen molar-refractivity contribution in [1.82, 2.24) is 10.2 Å². The largest absolute Gasteiger partial charge is 0.333 e. The Labute approximate surface area is 193 Å². The van der Waals surface area contributed by atoms with E-state index < -0.39 is 53.2 Å². The van der Waals surface area contributed by atoms with Crippen LogP contribution in [0.25, 0.3) is 0 Å². The average Bonchev–Trinajstić information content (AvgIpc) is 3.11. The molecule has 1 fully saturated rings. The average molecular weight is 480 g/mol. The van der Waals surface area contributed by atoms with E-state index in [1.807, 2.05) is 0 Å². The topological polar surface area (TPSA) is 83.6 Å². The molecular formula is C23H18ClF3N2O4. The van der Waals surface area contributed by atoms with E-state index in [9.17, 15) is 32.3 Å². The van der Waals surface area contributed by atoms with Crippen molar-refractivity contribution in [1.29, 1.82) is 0 Å². The van der Waals surface area contributed by atoms with Gasteiger partial charge in [-0.2, -0.15) is 8.78 Å². The Morgan fingerprint density at radius 1 is 1.21 bits per heavy atom. The number of fused-ring (bicyclic) bond motifs is 1. The molecule has 4 rings (SSSR count). The monoisotopic (exact) mass is 479 g/mol. The van der Waals surface area contributed by atoms with Gasteiger partial charge in [0.05, 0.1) is 6.93 Å². The number of aryl methyl sites for hydroxylation is 1. The van der Waals surface area contributed by atoms with Crippen LogP contribution in [0.3, 0.4) is 0 Å². The van der Waals surface area contributed by atoms with Crippen molar-refractivity contribution in [2.45, 2.75) is 44.2 Å². The van der Waals surface area contributed by atoms with Crippen molar-refractivity contribution < 1.29 is 33.7 Å². The van der Waals surface area contributed by atoms with Gasteiger partial charge in [0, 0.05) is 30.0 Å². The first-order chi connectivity index (χ1) is 15.9. The van der Waals surface area contributed by atoms with Crippen LogP contribution in [0.5, 0.6) is 0 Å². The maximum atomic E-state index is 14.5. The molecule has 0 radical (unpaired) electrons. The molecule has 0 aromatic heterocycles. The Bertz CT molecular complexity index is 1240. The number of halogens is 4. The summed E-state index contributed by atoms with van der Waals surface area (Å²) < 4.78 is 51.4. The third-order valence-corrected chi connectivity index (χ3v) is 5.90. The van der Waals surface area contributed by atoms with Crippen LogP contribution in [0.15, 0.2) is 36.4 Å². The molecule has 2 aromatic carbocycles. The van der Waals surface area contributed by atoms with Crippen LogP contribution in [0.4, 0.5) is 13.2 Å². The highest BCUT2D eigenvalue weighted by Crippen LogP contribution is 2.34. The van der Waals surface area contributed by atoms with Crippen molar-refractivity contribution in [3.63, 3.8) is 0 Å². The Balaban J connectivity index is 1.47. The fourth-order valence-corrected chi connectivity index (χ4v) is 4.08. The summed E-state index contributed by atoms with van der Waals surface area (Å²) in [6.45, 7) is -0.0762. The number of carbonyl (C=O) groups is 4.